The third-order valence-electron chi connectivity index (χ3n) is 5.62. The monoisotopic (exact) mass is 603 g/mol. The third kappa shape index (κ3) is 6.78. The standard InChI is InChI=1S/C25H20N6O7S2.Na/c1-38-20-14-17(24(33)34)10-11-19(20)30-28-22(29-31(30)25-27-18-4-2-3-5-21(18)39-25)15-6-8-16(9-7-15)23(32)26-12-13-40(35,36)37;/h2-11,13-14H,12H2,1H3,(H,26,32)(H,33,34)(H,35,36,37);/q;+1. The van der Waals surface area contributed by atoms with Crippen LogP contribution in [0.25, 0.3) is 32.4 Å². The number of para-hydroxylation sites is 1. The first-order chi connectivity index (χ1) is 19.1. The minimum absolute atomic E-state index is 0. The van der Waals surface area contributed by atoms with Gasteiger partial charge in [0.05, 0.1) is 17.4 Å². The van der Waals surface area contributed by atoms with Crippen LogP contribution in [0, 0.1) is 5.75 Å². The number of carboxylic acid groups (broad SMARTS) is 1. The largest absolute Gasteiger partial charge is 1.00 e. The van der Waals surface area contributed by atoms with Gasteiger partial charge in [0.2, 0.25) is 5.91 Å². The molecule has 16 heteroatoms. The average molecular weight is 604 g/mol. The third-order valence-corrected chi connectivity index (χ3v) is 7.21. The maximum atomic E-state index is 12.3. The molecule has 1 amide bonds. The summed E-state index contributed by atoms with van der Waals surface area (Å²) in [5, 5.41) is 21.6. The van der Waals surface area contributed by atoms with Gasteiger partial charge in [-0.3, -0.25) is 4.79 Å². The van der Waals surface area contributed by atoms with Crippen LogP contribution in [-0.2, 0) is 10.1 Å². The quantitative estimate of drug-likeness (QED) is 0.0846. The van der Waals surface area contributed by atoms with Gasteiger partial charge in [0, 0.05) is 16.2 Å². The van der Waals surface area contributed by atoms with Crippen molar-refractivity contribution in [1.29, 1.82) is 0 Å². The van der Waals surface area contributed by atoms with Crippen molar-refractivity contribution in [3.8, 4) is 28.0 Å². The van der Waals surface area contributed by atoms with Crippen LogP contribution in [0.15, 0.2) is 66.7 Å². The Balaban J connectivity index is 0.00000387. The number of benzene rings is 3. The molecule has 0 radical (unpaired) electrons. The number of thiazole rings is 1. The molecule has 41 heavy (non-hydrogen) atoms. The summed E-state index contributed by atoms with van der Waals surface area (Å²) in [6.07, 6.45) is 0. The molecule has 0 saturated heterocycles. The van der Waals surface area contributed by atoms with E-state index in [1.807, 2.05) is 24.3 Å². The van der Waals surface area contributed by atoms with Gasteiger partial charge in [-0.05, 0) is 69.3 Å². The minimum Gasteiger partial charge on any atom is -0.494 e. The van der Waals surface area contributed by atoms with Crippen LogP contribution in [0.1, 0.15) is 20.7 Å². The molecule has 0 aliphatic heterocycles. The fraction of sp³-hybridized carbons (Fsp3) is 0.0800. The van der Waals surface area contributed by atoms with Crippen LogP contribution in [-0.4, -0.2) is 63.6 Å². The summed E-state index contributed by atoms with van der Waals surface area (Å²) in [7, 11) is -2.90. The number of ether oxygens (including phenoxy) is 1. The molecule has 0 bridgehead atoms. The second-order valence-corrected chi connectivity index (χ2v) is 10.6. The van der Waals surface area contributed by atoms with E-state index in [1.165, 1.54) is 52.3 Å². The Morgan fingerprint density at radius 3 is 2.46 bits per heavy atom. The van der Waals surface area contributed by atoms with Gasteiger partial charge in [0.25, 0.3) is 5.82 Å². The average Bonchev–Trinajstić information content (AvgIpc) is 3.56. The van der Waals surface area contributed by atoms with Crippen LogP contribution < -0.4 is 44.4 Å². The topological polar surface area (TPSA) is 177 Å². The van der Waals surface area contributed by atoms with Gasteiger partial charge in [-0.2, -0.15) is 5.75 Å². The van der Waals surface area contributed by atoms with Gasteiger partial charge in [-0.25, -0.2) is 13.2 Å². The Morgan fingerprint density at radius 1 is 1.10 bits per heavy atom. The first-order valence-electron chi connectivity index (χ1n) is 11.5. The van der Waals surface area contributed by atoms with Gasteiger partial charge < -0.3 is 19.7 Å². The number of nitrogens with one attached hydrogen (secondary N) is 1. The van der Waals surface area contributed by atoms with E-state index >= 15 is 0 Å². The number of aromatic nitrogens is 5. The van der Waals surface area contributed by atoms with Crippen LogP contribution in [0.3, 0.4) is 0 Å². The Bertz CT molecular complexity index is 1820. The molecule has 0 spiro atoms. The number of fused-ring (bicyclic) bond motifs is 1. The summed E-state index contributed by atoms with van der Waals surface area (Å²) in [5.74, 6) is -0.551. The fourth-order valence-corrected chi connectivity index (χ4v) is 4.91. The number of carboxylic acids is 1. The number of carbonyl (C=O) groups excluding carboxylic acids is 1. The molecule has 0 unspecified atom stereocenters. The van der Waals surface area contributed by atoms with E-state index in [1.54, 1.807) is 18.2 Å². The normalized spacial score (nSPS) is 11.2. The van der Waals surface area contributed by atoms with E-state index in [-0.39, 0.29) is 58.8 Å². The van der Waals surface area contributed by atoms with Crippen LogP contribution >= 0.6 is 11.3 Å². The van der Waals surface area contributed by atoms with Gasteiger partial charge >= 0.3 is 40.7 Å². The van der Waals surface area contributed by atoms with E-state index < -0.39 is 22.0 Å². The van der Waals surface area contributed by atoms with Gasteiger partial charge in [-0.15, -0.1) is 0 Å². The number of carbonyl (C=O) groups is 2. The Labute approximate surface area is 259 Å². The number of nitrogens with zero attached hydrogens (tertiary/aromatic N) is 5. The van der Waals surface area contributed by atoms with Crippen LogP contribution in [0.2, 0.25) is 0 Å². The molecule has 2 heterocycles. The summed E-state index contributed by atoms with van der Waals surface area (Å²) in [5.41, 5.74) is 2.01. The van der Waals surface area contributed by atoms with E-state index in [2.05, 4.69) is 20.5 Å². The number of hydrogen-bond acceptors (Lipinski definition) is 9. The maximum Gasteiger partial charge on any atom is 1.00 e. The molecule has 13 nitrogen and oxygen atoms in total. The maximum absolute atomic E-state index is 12.3. The van der Waals surface area contributed by atoms with Crippen molar-refractivity contribution < 1.29 is 66.8 Å². The summed E-state index contributed by atoms with van der Waals surface area (Å²) >= 11 is 1.38. The Hall–Kier alpha value is -3.73. The fourth-order valence-electron chi connectivity index (χ4n) is 3.71. The van der Waals surface area contributed by atoms with Crippen LogP contribution in [0.5, 0.6) is 5.75 Å². The van der Waals surface area contributed by atoms with Crippen molar-refractivity contribution in [3.63, 3.8) is 0 Å². The van der Waals surface area contributed by atoms with Crippen molar-refractivity contribution in [3.05, 3.63) is 83.6 Å². The summed E-state index contributed by atoms with van der Waals surface area (Å²) < 4.78 is 36.8. The molecule has 3 aromatic carbocycles. The predicted molar refractivity (Wildman–Crippen MR) is 143 cm³/mol. The SMILES string of the molecule is COc1cc(C(=O)O)ccc1-n1nc(-c2ccc(C(=O)NC[CH-]S(=O)(=O)O)cc2)n[n+]1-c1nc2ccccc2s1.[Na+]. The summed E-state index contributed by atoms with van der Waals surface area (Å²) in [4.78, 5) is 31.4. The molecule has 2 aromatic heterocycles. The zero-order chi connectivity index (χ0) is 28.4. The van der Waals surface area contributed by atoms with Crippen LogP contribution in [0.4, 0.5) is 0 Å². The molecule has 0 aliphatic rings. The van der Waals surface area contributed by atoms with E-state index in [0.717, 1.165) is 10.2 Å². The number of hydrogen-bond donors (Lipinski definition) is 3. The molecule has 0 aliphatic carbocycles. The number of aromatic carboxylic acids is 1. The summed E-state index contributed by atoms with van der Waals surface area (Å²) in [6.45, 7) is -0.365. The van der Waals surface area contributed by atoms with Gasteiger partial charge in [-0.1, -0.05) is 35.0 Å². The Morgan fingerprint density at radius 2 is 1.80 bits per heavy atom. The zero-order valence-electron chi connectivity index (χ0n) is 21.6. The first-order valence-corrected chi connectivity index (χ1v) is 13.8. The molecule has 3 N–H and O–H groups in total. The molecular formula is C25H20N6NaO7S2+. The Kier molecular flexibility index (Phi) is 9.16. The molecule has 5 rings (SSSR count). The number of methoxy groups -OCH3 is 1. The number of rotatable bonds is 9. The van der Waals surface area contributed by atoms with E-state index in [4.69, 9.17) is 9.29 Å². The minimum atomic E-state index is -4.32. The van der Waals surface area contributed by atoms with Crippen molar-refractivity contribution in [2.24, 2.45) is 0 Å². The first kappa shape index (κ1) is 30.2. The zero-order valence-corrected chi connectivity index (χ0v) is 25.3. The molecule has 5 aromatic rings. The molecule has 0 saturated carbocycles. The smallest absolute Gasteiger partial charge is 0.494 e. The number of amides is 1. The van der Waals surface area contributed by atoms with Gasteiger partial charge in [0.15, 0.2) is 11.2 Å². The van der Waals surface area contributed by atoms with E-state index in [9.17, 15) is 23.1 Å². The van der Waals surface area contributed by atoms with Crippen molar-refractivity contribution >= 4 is 43.5 Å². The molecule has 0 fully saturated rings. The van der Waals surface area contributed by atoms with Crippen molar-refractivity contribution in [2.75, 3.05) is 13.7 Å². The van der Waals surface area contributed by atoms with Crippen molar-refractivity contribution in [2.45, 2.75) is 0 Å². The van der Waals surface area contributed by atoms with Crippen molar-refractivity contribution in [1.82, 2.24) is 25.3 Å². The second kappa shape index (κ2) is 12.4. The second-order valence-electron chi connectivity index (χ2n) is 8.23. The molecule has 204 valence electrons. The van der Waals surface area contributed by atoms with Gasteiger partial charge in [0.1, 0.15) is 15.9 Å². The van der Waals surface area contributed by atoms with E-state index in [0.29, 0.717) is 22.1 Å². The number of tetrazole rings is 1. The molecular weight excluding hydrogens is 583 g/mol. The molecule has 0 atom stereocenters. The predicted octanol–water partition coefficient (Wildman–Crippen LogP) is -0.689. The summed E-state index contributed by atoms with van der Waals surface area (Å²) in [6, 6.07) is 18.2.